The van der Waals surface area contributed by atoms with Crippen molar-refractivity contribution in [2.24, 2.45) is 0 Å². The number of aromatic amines is 1. The monoisotopic (exact) mass is 278 g/mol. The van der Waals surface area contributed by atoms with E-state index >= 15 is 0 Å². The van der Waals surface area contributed by atoms with Crippen LogP contribution in [0.1, 0.15) is 0 Å². The molecule has 5 heteroatoms. The quantitative estimate of drug-likeness (QED) is 0.607. The fraction of sp³-hybridized carbons (Fsp3) is 0. The van der Waals surface area contributed by atoms with Gasteiger partial charge in [-0.3, -0.25) is 10.1 Å². The predicted octanol–water partition coefficient (Wildman–Crippen LogP) is 3.75. The maximum absolute atomic E-state index is 4.55. The standard InChI is InChI=1S/C15H10N4S/c1-3-10-9-11(5-6-12(10)16-7-1)14-17-15(19-18-14)13-4-2-8-20-13/h1-9H,(H,17,18,19). The molecule has 0 saturated carbocycles. The van der Waals surface area contributed by atoms with Crippen molar-refractivity contribution < 1.29 is 0 Å². The number of H-pyrrole nitrogens is 1. The number of nitrogens with one attached hydrogen (secondary N) is 1. The third-order valence-corrected chi connectivity index (χ3v) is 3.98. The Balaban J connectivity index is 1.79. The van der Waals surface area contributed by atoms with Gasteiger partial charge in [-0.15, -0.1) is 11.3 Å². The van der Waals surface area contributed by atoms with Crippen LogP contribution in [-0.2, 0) is 0 Å². The lowest BCUT2D eigenvalue weighted by Gasteiger charge is -1.98. The highest BCUT2D eigenvalue weighted by Crippen LogP contribution is 2.25. The zero-order chi connectivity index (χ0) is 13.4. The molecule has 0 aliphatic carbocycles. The van der Waals surface area contributed by atoms with Crippen molar-refractivity contribution >= 4 is 22.2 Å². The number of nitrogens with zero attached hydrogens (tertiary/aromatic N) is 3. The van der Waals surface area contributed by atoms with Crippen molar-refractivity contribution in [3.8, 4) is 22.1 Å². The van der Waals surface area contributed by atoms with Crippen LogP contribution in [0, 0.1) is 0 Å². The summed E-state index contributed by atoms with van der Waals surface area (Å²) in [4.78, 5) is 9.96. The Morgan fingerprint density at radius 2 is 2.05 bits per heavy atom. The molecule has 1 aromatic carbocycles. The van der Waals surface area contributed by atoms with Crippen LogP contribution in [-0.4, -0.2) is 20.2 Å². The lowest BCUT2D eigenvalue weighted by atomic mass is 10.1. The van der Waals surface area contributed by atoms with Gasteiger partial charge in [0.2, 0.25) is 0 Å². The third kappa shape index (κ3) is 1.88. The smallest absolute Gasteiger partial charge is 0.181 e. The van der Waals surface area contributed by atoms with E-state index in [9.17, 15) is 0 Å². The Kier molecular flexibility index (Phi) is 2.57. The average molecular weight is 278 g/mol. The fourth-order valence-corrected chi connectivity index (χ4v) is 2.79. The van der Waals surface area contributed by atoms with Crippen LogP contribution >= 0.6 is 11.3 Å². The number of aromatic nitrogens is 4. The summed E-state index contributed by atoms with van der Waals surface area (Å²) in [6.07, 6.45) is 1.80. The van der Waals surface area contributed by atoms with Crippen molar-refractivity contribution in [1.29, 1.82) is 0 Å². The highest BCUT2D eigenvalue weighted by Gasteiger charge is 2.08. The summed E-state index contributed by atoms with van der Waals surface area (Å²) in [5.41, 5.74) is 1.97. The maximum Gasteiger partial charge on any atom is 0.181 e. The van der Waals surface area contributed by atoms with E-state index in [0.29, 0.717) is 5.82 Å². The molecule has 0 spiro atoms. The van der Waals surface area contributed by atoms with E-state index in [0.717, 1.165) is 27.2 Å². The first-order valence-electron chi connectivity index (χ1n) is 6.21. The molecule has 0 aliphatic heterocycles. The number of thiophene rings is 1. The lowest BCUT2D eigenvalue weighted by molar-refractivity contribution is 1.10. The van der Waals surface area contributed by atoms with Crippen molar-refractivity contribution in [1.82, 2.24) is 20.2 Å². The predicted molar refractivity (Wildman–Crippen MR) is 80.4 cm³/mol. The summed E-state index contributed by atoms with van der Waals surface area (Å²) in [6, 6.07) is 14.1. The summed E-state index contributed by atoms with van der Waals surface area (Å²) < 4.78 is 0. The Labute approximate surface area is 119 Å². The van der Waals surface area contributed by atoms with Gasteiger partial charge in [-0.05, 0) is 35.7 Å². The summed E-state index contributed by atoms with van der Waals surface area (Å²) in [5.74, 6) is 1.51. The molecule has 20 heavy (non-hydrogen) atoms. The van der Waals surface area contributed by atoms with Gasteiger partial charge in [0.05, 0.1) is 10.4 Å². The number of hydrogen-bond acceptors (Lipinski definition) is 4. The minimum atomic E-state index is 0.708. The third-order valence-electron chi connectivity index (χ3n) is 3.10. The largest absolute Gasteiger partial charge is 0.258 e. The second kappa shape index (κ2) is 4.54. The SMILES string of the molecule is c1csc(-c2nc(-c3ccc4ncccc4c3)n[nH]2)c1. The normalized spacial score (nSPS) is 11.0. The van der Waals surface area contributed by atoms with E-state index in [1.807, 2.05) is 41.8 Å². The van der Waals surface area contributed by atoms with E-state index in [1.165, 1.54) is 0 Å². The van der Waals surface area contributed by atoms with Gasteiger partial charge in [0, 0.05) is 17.1 Å². The molecule has 96 valence electrons. The first-order valence-corrected chi connectivity index (χ1v) is 7.09. The molecule has 3 heterocycles. The minimum absolute atomic E-state index is 0.708. The molecule has 0 amide bonds. The molecule has 4 rings (SSSR count). The van der Waals surface area contributed by atoms with Gasteiger partial charge in [0.15, 0.2) is 11.6 Å². The molecule has 0 bridgehead atoms. The van der Waals surface area contributed by atoms with Crippen molar-refractivity contribution in [2.45, 2.75) is 0 Å². The van der Waals surface area contributed by atoms with Crippen LogP contribution in [0.4, 0.5) is 0 Å². The molecule has 0 radical (unpaired) electrons. The molecule has 0 atom stereocenters. The van der Waals surface area contributed by atoms with Crippen molar-refractivity contribution in [3.63, 3.8) is 0 Å². The maximum atomic E-state index is 4.55. The number of benzene rings is 1. The van der Waals surface area contributed by atoms with E-state index in [1.54, 1.807) is 17.5 Å². The van der Waals surface area contributed by atoms with E-state index in [4.69, 9.17) is 0 Å². The first-order chi connectivity index (χ1) is 9.90. The fourth-order valence-electron chi connectivity index (χ4n) is 2.13. The Hall–Kier alpha value is -2.53. The zero-order valence-electron chi connectivity index (χ0n) is 10.4. The van der Waals surface area contributed by atoms with E-state index in [-0.39, 0.29) is 0 Å². The second-order valence-electron chi connectivity index (χ2n) is 4.40. The summed E-state index contributed by atoms with van der Waals surface area (Å²) in [6.45, 7) is 0. The molecular weight excluding hydrogens is 268 g/mol. The molecular formula is C15H10N4S. The summed E-state index contributed by atoms with van der Waals surface area (Å²) in [5, 5.41) is 10.4. The Morgan fingerprint density at radius 1 is 1.05 bits per heavy atom. The lowest BCUT2D eigenvalue weighted by Crippen LogP contribution is -1.83. The van der Waals surface area contributed by atoms with Crippen molar-refractivity contribution in [3.05, 3.63) is 54.0 Å². The van der Waals surface area contributed by atoms with Crippen LogP contribution in [0.2, 0.25) is 0 Å². The van der Waals surface area contributed by atoms with Crippen LogP contribution in [0.15, 0.2) is 54.0 Å². The minimum Gasteiger partial charge on any atom is -0.258 e. The van der Waals surface area contributed by atoms with Gasteiger partial charge in [0.25, 0.3) is 0 Å². The first kappa shape index (κ1) is 11.3. The molecule has 3 aromatic heterocycles. The van der Waals surface area contributed by atoms with Crippen LogP contribution in [0.5, 0.6) is 0 Å². The zero-order valence-corrected chi connectivity index (χ0v) is 11.3. The van der Waals surface area contributed by atoms with Crippen LogP contribution < -0.4 is 0 Å². The topological polar surface area (TPSA) is 54.5 Å². The number of hydrogen-bond donors (Lipinski definition) is 1. The van der Waals surface area contributed by atoms with Gasteiger partial charge in [-0.1, -0.05) is 12.1 Å². The van der Waals surface area contributed by atoms with E-state index < -0.39 is 0 Å². The second-order valence-corrected chi connectivity index (χ2v) is 5.34. The van der Waals surface area contributed by atoms with Gasteiger partial charge in [0.1, 0.15) is 0 Å². The van der Waals surface area contributed by atoms with Gasteiger partial charge >= 0.3 is 0 Å². The highest BCUT2D eigenvalue weighted by atomic mass is 32.1. The Morgan fingerprint density at radius 3 is 2.95 bits per heavy atom. The molecule has 0 unspecified atom stereocenters. The number of fused-ring (bicyclic) bond motifs is 1. The van der Waals surface area contributed by atoms with Crippen LogP contribution in [0.25, 0.3) is 33.0 Å². The van der Waals surface area contributed by atoms with Gasteiger partial charge < -0.3 is 0 Å². The number of rotatable bonds is 2. The molecule has 1 N–H and O–H groups in total. The molecule has 0 fully saturated rings. The molecule has 4 nitrogen and oxygen atoms in total. The van der Waals surface area contributed by atoms with Crippen LogP contribution in [0.3, 0.4) is 0 Å². The van der Waals surface area contributed by atoms with Gasteiger partial charge in [-0.25, -0.2) is 4.98 Å². The number of pyridine rings is 1. The summed E-state index contributed by atoms with van der Waals surface area (Å²) >= 11 is 1.64. The molecule has 0 saturated heterocycles. The van der Waals surface area contributed by atoms with Crippen molar-refractivity contribution in [2.75, 3.05) is 0 Å². The average Bonchev–Trinajstić information content (AvgIpc) is 3.17. The van der Waals surface area contributed by atoms with E-state index in [2.05, 4.69) is 26.2 Å². The Bertz CT molecular complexity index is 864. The highest BCUT2D eigenvalue weighted by molar-refractivity contribution is 7.13. The van der Waals surface area contributed by atoms with Gasteiger partial charge in [-0.2, -0.15) is 5.10 Å². The molecule has 0 aliphatic rings. The molecule has 4 aromatic rings. The summed E-state index contributed by atoms with van der Waals surface area (Å²) in [7, 11) is 0.